The van der Waals surface area contributed by atoms with Gasteiger partial charge in [-0.05, 0) is 60.6 Å². The van der Waals surface area contributed by atoms with Crippen LogP contribution in [0.1, 0.15) is 65.4 Å². The minimum absolute atomic E-state index is 0.183. The smallest absolute Gasteiger partial charge is 0.322 e. The van der Waals surface area contributed by atoms with Crippen LogP contribution < -0.4 is 15.0 Å². The number of hydrogen-bond donors (Lipinski definition) is 2. The summed E-state index contributed by atoms with van der Waals surface area (Å²) in [6.07, 6.45) is 6.76. The van der Waals surface area contributed by atoms with Crippen molar-refractivity contribution in [1.82, 2.24) is 5.32 Å². The summed E-state index contributed by atoms with van der Waals surface area (Å²) in [6, 6.07) is 14.6. The highest BCUT2D eigenvalue weighted by Crippen LogP contribution is 2.34. The summed E-state index contributed by atoms with van der Waals surface area (Å²) in [7, 11) is 0.821. The molecule has 0 spiro atoms. The molecule has 1 aliphatic rings. The van der Waals surface area contributed by atoms with Crippen LogP contribution in [0, 0.1) is 11.8 Å². The predicted octanol–water partition coefficient (Wildman–Crippen LogP) is 5.60. The molecule has 2 aromatic carbocycles. The fourth-order valence-electron chi connectivity index (χ4n) is 4.08. The summed E-state index contributed by atoms with van der Waals surface area (Å²) in [5.41, 5.74) is 2.07. The molecule has 224 valence electrons. The number of sulfone groups is 1. The molecule has 2 unspecified atom stereocenters. The van der Waals surface area contributed by atoms with E-state index < -0.39 is 28.3 Å². The Balaban J connectivity index is 0.000000368. The van der Waals surface area contributed by atoms with Crippen molar-refractivity contribution in [2.75, 3.05) is 37.9 Å². The topological polar surface area (TPSA) is 113 Å². The van der Waals surface area contributed by atoms with Crippen LogP contribution in [0.3, 0.4) is 0 Å². The molecule has 0 bridgehead atoms. The zero-order valence-electron chi connectivity index (χ0n) is 25.0. The minimum atomic E-state index is -3.15. The number of para-hydroxylation sites is 1. The largest absolute Gasteiger partial charge is 0.484 e. The summed E-state index contributed by atoms with van der Waals surface area (Å²) >= 11 is 0. The molecule has 0 saturated heterocycles. The highest BCUT2D eigenvalue weighted by Gasteiger charge is 2.31. The third-order valence-corrected chi connectivity index (χ3v) is 8.59. The SMILES string of the molecule is CCCC.CCCCC1CS(=O)(=O)c2ccc(N(C)C)cc2CC1C.O=C(O)CNC(=O)COc1ccccc1. The van der Waals surface area contributed by atoms with Crippen molar-refractivity contribution < 1.29 is 27.9 Å². The Morgan fingerprint density at radius 2 is 1.68 bits per heavy atom. The van der Waals surface area contributed by atoms with Gasteiger partial charge in [0.15, 0.2) is 16.4 Å². The molecule has 0 aromatic heterocycles. The number of fused-ring (bicyclic) bond motifs is 1. The van der Waals surface area contributed by atoms with E-state index in [-0.39, 0.29) is 12.5 Å². The highest BCUT2D eigenvalue weighted by atomic mass is 32.2. The molecule has 1 amide bonds. The van der Waals surface area contributed by atoms with Crippen LogP contribution in [-0.4, -0.2) is 58.4 Å². The van der Waals surface area contributed by atoms with E-state index >= 15 is 0 Å². The number of rotatable bonds is 10. The zero-order chi connectivity index (χ0) is 30.1. The number of carbonyl (C=O) groups excluding carboxylic acids is 1. The lowest BCUT2D eigenvalue weighted by Gasteiger charge is -2.20. The van der Waals surface area contributed by atoms with Gasteiger partial charge in [0.1, 0.15) is 12.3 Å². The van der Waals surface area contributed by atoms with Gasteiger partial charge >= 0.3 is 5.97 Å². The standard InChI is InChI=1S/C17H27NO2S.C10H11NO4.C4H10/c1-5-6-7-14-12-21(19,20)17-9-8-16(18(3)4)11-15(17)10-13(14)2;12-9(11-6-10(13)14)7-15-8-4-2-1-3-5-8;1-3-4-2/h8-9,11,13-14H,5-7,10,12H2,1-4H3;1-5H,6-7H2,(H,11,12)(H,13,14);3-4H2,1-2H3. The molecular formula is C31H48N2O6S. The molecule has 2 atom stereocenters. The molecule has 2 aromatic rings. The van der Waals surface area contributed by atoms with Crippen LogP contribution in [0.4, 0.5) is 5.69 Å². The van der Waals surface area contributed by atoms with E-state index in [4.69, 9.17) is 9.84 Å². The maximum atomic E-state index is 12.7. The van der Waals surface area contributed by atoms with E-state index in [1.54, 1.807) is 30.3 Å². The number of carbonyl (C=O) groups is 2. The van der Waals surface area contributed by atoms with Gasteiger partial charge in [0.25, 0.3) is 5.91 Å². The fourth-order valence-corrected chi connectivity index (χ4v) is 6.14. The molecule has 1 heterocycles. The van der Waals surface area contributed by atoms with Gasteiger partial charge in [0, 0.05) is 19.8 Å². The number of ether oxygens (including phenoxy) is 1. The first-order valence-corrected chi connectivity index (χ1v) is 15.8. The van der Waals surface area contributed by atoms with E-state index in [1.165, 1.54) is 12.8 Å². The summed E-state index contributed by atoms with van der Waals surface area (Å²) < 4.78 is 30.5. The Labute approximate surface area is 241 Å². The second-order valence-electron chi connectivity index (χ2n) is 10.3. The van der Waals surface area contributed by atoms with Crippen molar-refractivity contribution in [3.63, 3.8) is 0 Å². The van der Waals surface area contributed by atoms with Crippen LogP contribution in [0.25, 0.3) is 0 Å². The van der Waals surface area contributed by atoms with Crippen molar-refractivity contribution >= 4 is 27.4 Å². The lowest BCUT2D eigenvalue weighted by molar-refractivity contribution is -0.138. The maximum Gasteiger partial charge on any atom is 0.322 e. The van der Waals surface area contributed by atoms with Crippen LogP contribution in [0.5, 0.6) is 5.75 Å². The van der Waals surface area contributed by atoms with Gasteiger partial charge in [-0.25, -0.2) is 8.42 Å². The number of hydrogen-bond acceptors (Lipinski definition) is 6. The maximum absolute atomic E-state index is 12.7. The van der Waals surface area contributed by atoms with E-state index in [1.807, 2.05) is 37.2 Å². The Kier molecular flexibility index (Phi) is 16.0. The van der Waals surface area contributed by atoms with Crippen molar-refractivity contribution in [2.45, 2.75) is 71.1 Å². The van der Waals surface area contributed by atoms with E-state index in [0.717, 1.165) is 36.9 Å². The average molecular weight is 577 g/mol. The van der Waals surface area contributed by atoms with Gasteiger partial charge in [-0.3, -0.25) is 9.59 Å². The normalized spacial score (nSPS) is 16.9. The van der Waals surface area contributed by atoms with Crippen molar-refractivity contribution in [2.24, 2.45) is 11.8 Å². The lowest BCUT2D eigenvalue weighted by atomic mass is 9.86. The minimum Gasteiger partial charge on any atom is -0.484 e. The molecule has 9 heteroatoms. The summed E-state index contributed by atoms with van der Waals surface area (Å²) in [6.45, 7) is 8.15. The number of nitrogens with one attached hydrogen (secondary N) is 1. The first-order chi connectivity index (χ1) is 18.9. The molecule has 2 N–H and O–H groups in total. The quantitative estimate of drug-likeness (QED) is 0.379. The van der Waals surface area contributed by atoms with Crippen molar-refractivity contribution in [3.8, 4) is 5.75 Å². The summed E-state index contributed by atoms with van der Waals surface area (Å²) in [4.78, 5) is 23.7. The third-order valence-electron chi connectivity index (χ3n) is 6.65. The number of carboxylic acid groups (broad SMARTS) is 1. The number of unbranched alkanes of at least 4 members (excludes halogenated alkanes) is 2. The van der Waals surface area contributed by atoms with Gasteiger partial charge < -0.3 is 20.1 Å². The Bertz CT molecular complexity index is 1130. The summed E-state index contributed by atoms with van der Waals surface area (Å²) in [5, 5.41) is 10.5. The number of aliphatic carboxylic acids is 1. The monoisotopic (exact) mass is 576 g/mol. The van der Waals surface area contributed by atoms with Crippen molar-refractivity contribution in [1.29, 1.82) is 0 Å². The molecule has 0 saturated carbocycles. The van der Waals surface area contributed by atoms with E-state index in [2.05, 4.69) is 33.0 Å². The second-order valence-corrected chi connectivity index (χ2v) is 12.3. The van der Waals surface area contributed by atoms with Crippen LogP contribution >= 0.6 is 0 Å². The van der Waals surface area contributed by atoms with Gasteiger partial charge in [-0.1, -0.05) is 71.6 Å². The first kappa shape index (κ1) is 35.0. The fraction of sp³-hybridized carbons (Fsp3) is 0.548. The van der Waals surface area contributed by atoms with E-state index in [0.29, 0.717) is 22.3 Å². The number of carboxylic acids is 1. The molecule has 40 heavy (non-hydrogen) atoms. The molecule has 0 fully saturated rings. The van der Waals surface area contributed by atoms with Gasteiger partial charge in [0.05, 0.1) is 10.6 Å². The van der Waals surface area contributed by atoms with Crippen LogP contribution in [0.2, 0.25) is 0 Å². The lowest BCUT2D eigenvalue weighted by Crippen LogP contribution is -2.33. The molecule has 0 aliphatic carbocycles. The number of anilines is 1. The number of nitrogens with zero attached hydrogens (tertiary/aromatic N) is 1. The second kappa shape index (κ2) is 18.3. The predicted molar refractivity (Wildman–Crippen MR) is 162 cm³/mol. The molecular weight excluding hydrogens is 528 g/mol. The van der Waals surface area contributed by atoms with Crippen LogP contribution in [0.15, 0.2) is 53.4 Å². The van der Waals surface area contributed by atoms with Crippen LogP contribution in [-0.2, 0) is 25.8 Å². The zero-order valence-corrected chi connectivity index (χ0v) is 25.8. The summed E-state index contributed by atoms with van der Waals surface area (Å²) in [5.74, 6) is 0.0464. The Hall–Kier alpha value is -3.07. The molecule has 0 radical (unpaired) electrons. The highest BCUT2D eigenvalue weighted by molar-refractivity contribution is 7.91. The third kappa shape index (κ3) is 12.9. The number of benzene rings is 2. The molecule has 8 nitrogen and oxygen atoms in total. The first-order valence-electron chi connectivity index (χ1n) is 14.1. The molecule has 3 rings (SSSR count). The van der Waals surface area contributed by atoms with E-state index in [9.17, 15) is 18.0 Å². The Morgan fingerprint density at radius 3 is 2.23 bits per heavy atom. The van der Waals surface area contributed by atoms with Crippen molar-refractivity contribution in [3.05, 3.63) is 54.1 Å². The van der Waals surface area contributed by atoms with Gasteiger partial charge in [-0.15, -0.1) is 0 Å². The van der Waals surface area contributed by atoms with Gasteiger partial charge in [-0.2, -0.15) is 0 Å². The van der Waals surface area contributed by atoms with Gasteiger partial charge in [0.2, 0.25) is 0 Å². The number of amides is 1. The Morgan fingerprint density at radius 1 is 1.02 bits per heavy atom. The average Bonchev–Trinajstić information content (AvgIpc) is 3.02. The molecule has 1 aliphatic heterocycles.